The molecule has 0 heterocycles. The van der Waals surface area contributed by atoms with Crippen molar-refractivity contribution < 1.29 is 8.78 Å². The highest BCUT2D eigenvalue weighted by molar-refractivity contribution is 9.09. The molecule has 0 radical (unpaired) electrons. The van der Waals surface area contributed by atoms with Gasteiger partial charge in [0.15, 0.2) is 11.6 Å². The van der Waals surface area contributed by atoms with Crippen molar-refractivity contribution in [2.45, 2.75) is 12.3 Å². The summed E-state index contributed by atoms with van der Waals surface area (Å²) in [4.78, 5) is 0. The Morgan fingerprint density at radius 2 is 2.15 bits per heavy atom. The molecule has 70 valence electrons. The third kappa shape index (κ3) is 1.62. The summed E-state index contributed by atoms with van der Waals surface area (Å²) >= 11 is 3.34. The second kappa shape index (κ2) is 3.37. The molecule has 0 spiro atoms. The van der Waals surface area contributed by atoms with Gasteiger partial charge in [-0.1, -0.05) is 28.1 Å². The van der Waals surface area contributed by atoms with E-state index in [1.54, 1.807) is 12.1 Å². The monoisotopic (exact) mass is 246 g/mol. The molecule has 0 bridgehead atoms. The van der Waals surface area contributed by atoms with Crippen molar-refractivity contribution in [3.63, 3.8) is 0 Å². The van der Waals surface area contributed by atoms with Gasteiger partial charge < -0.3 is 0 Å². The Hall–Kier alpha value is -0.440. The van der Waals surface area contributed by atoms with E-state index in [-0.39, 0.29) is 5.92 Å². The molecule has 3 heteroatoms. The topological polar surface area (TPSA) is 0 Å². The summed E-state index contributed by atoms with van der Waals surface area (Å²) in [5, 5.41) is 0.869. The Labute approximate surface area is 84.1 Å². The summed E-state index contributed by atoms with van der Waals surface area (Å²) in [7, 11) is 0. The van der Waals surface area contributed by atoms with Crippen molar-refractivity contribution in [3.8, 4) is 0 Å². The van der Waals surface area contributed by atoms with Gasteiger partial charge in [-0.3, -0.25) is 0 Å². The largest absolute Gasteiger partial charge is 0.204 e. The van der Waals surface area contributed by atoms with Gasteiger partial charge in [0, 0.05) is 5.33 Å². The molecule has 2 rings (SSSR count). The van der Waals surface area contributed by atoms with Crippen molar-refractivity contribution in [3.05, 3.63) is 35.4 Å². The number of alkyl halides is 1. The predicted octanol–water partition coefficient (Wildman–Crippen LogP) is 3.46. The second-order valence-corrected chi connectivity index (χ2v) is 4.05. The molecular weight excluding hydrogens is 238 g/mol. The fourth-order valence-corrected chi connectivity index (χ4v) is 2.32. The Balaban J connectivity index is 2.27. The summed E-state index contributed by atoms with van der Waals surface area (Å²) in [5.41, 5.74) is 0.532. The Kier molecular flexibility index (Phi) is 2.37. The van der Waals surface area contributed by atoms with Crippen LogP contribution in [0.5, 0.6) is 0 Å². The predicted molar refractivity (Wildman–Crippen MR) is 51.0 cm³/mol. The van der Waals surface area contributed by atoms with Crippen molar-refractivity contribution >= 4 is 15.9 Å². The van der Waals surface area contributed by atoms with Crippen LogP contribution < -0.4 is 0 Å². The first-order valence-corrected chi connectivity index (χ1v) is 5.36. The van der Waals surface area contributed by atoms with Crippen molar-refractivity contribution in [2.24, 2.45) is 5.92 Å². The third-order valence-electron chi connectivity index (χ3n) is 2.50. The molecule has 0 amide bonds. The molecular formula is C10H9BrF2. The second-order valence-electron chi connectivity index (χ2n) is 3.40. The van der Waals surface area contributed by atoms with Gasteiger partial charge in [0.05, 0.1) is 0 Å². The molecule has 0 saturated heterocycles. The highest BCUT2D eigenvalue weighted by Gasteiger charge is 2.39. The molecule has 0 N–H and O–H groups in total. The Morgan fingerprint density at radius 1 is 1.38 bits per heavy atom. The molecule has 0 aromatic heterocycles. The standard InChI is InChI=1S/C10H9BrF2/c11-5-6-4-8(6)7-2-1-3-9(12)10(7)13/h1-3,6,8H,4-5H2. The molecule has 1 saturated carbocycles. The van der Waals surface area contributed by atoms with Gasteiger partial charge in [0.2, 0.25) is 0 Å². The molecule has 13 heavy (non-hydrogen) atoms. The molecule has 1 aromatic carbocycles. The average molecular weight is 247 g/mol. The van der Waals surface area contributed by atoms with Crippen LogP contribution >= 0.6 is 15.9 Å². The SMILES string of the molecule is Fc1cccc(C2CC2CBr)c1F. The van der Waals surface area contributed by atoms with E-state index >= 15 is 0 Å². The maximum Gasteiger partial charge on any atom is 0.162 e. The van der Waals surface area contributed by atoms with E-state index in [9.17, 15) is 8.78 Å². The number of benzene rings is 1. The van der Waals surface area contributed by atoms with Gasteiger partial charge >= 0.3 is 0 Å². The van der Waals surface area contributed by atoms with E-state index in [0.29, 0.717) is 11.5 Å². The molecule has 2 atom stereocenters. The maximum absolute atomic E-state index is 13.2. The van der Waals surface area contributed by atoms with Crippen LogP contribution in [0.2, 0.25) is 0 Å². The van der Waals surface area contributed by atoms with Gasteiger partial charge in [-0.05, 0) is 29.9 Å². The fourth-order valence-electron chi connectivity index (χ4n) is 1.61. The zero-order chi connectivity index (χ0) is 9.42. The summed E-state index contributed by atoms with van der Waals surface area (Å²) in [6.45, 7) is 0. The highest BCUT2D eigenvalue weighted by atomic mass is 79.9. The van der Waals surface area contributed by atoms with E-state index in [1.807, 2.05) is 0 Å². The van der Waals surface area contributed by atoms with Crippen LogP contribution in [0.4, 0.5) is 8.78 Å². The van der Waals surface area contributed by atoms with Gasteiger partial charge in [-0.25, -0.2) is 8.78 Å². The first kappa shape index (κ1) is 9.13. The van der Waals surface area contributed by atoms with Crippen LogP contribution in [-0.4, -0.2) is 5.33 Å². The zero-order valence-electron chi connectivity index (χ0n) is 6.93. The summed E-state index contributed by atoms with van der Waals surface area (Å²) in [5.74, 6) is -0.708. The lowest BCUT2D eigenvalue weighted by Gasteiger charge is -2.01. The molecule has 1 fully saturated rings. The molecule has 0 aliphatic heterocycles. The Bertz CT molecular complexity index is 325. The third-order valence-corrected chi connectivity index (χ3v) is 3.33. The van der Waals surface area contributed by atoms with Crippen LogP contribution in [0.1, 0.15) is 17.9 Å². The first-order valence-electron chi connectivity index (χ1n) is 4.24. The van der Waals surface area contributed by atoms with E-state index < -0.39 is 11.6 Å². The van der Waals surface area contributed by atoms with Crippen LogP contribution in [0.15, 0.2) is 18.2 Å². The van der Waals surface area contributed by atoms with Crippen LogP contribution in [-0.2, 0) is 0 Å². The van der Waals surface area contributed by atoms with Crippen LogP contribution in [0.3, 0.4) is 0 Å². The van der Waals surface area contributed by atoms with Crippen molar-refractivity contribution in [2.75, 3.05) is 5.33 Å². The van der Waals surface area contributed by atoms with Crippen molar-refractivity contribution in [1.82, 2.24) is 0 Å². The lowest BCUT2D eigenvalue weighted by molar-refractivity contribution is 0.498. The van der Waals surface area contributed by atoms with Crippen LogP contribution in [0, 0.1) is 17.6 Å². The first-order chi connectivity index (χ1) is 6.24. The van der Waals surface area contributed by atoms with E-state index in [0.717, 1.165) is 17.8 Å². The quantitative estimate of drug-likeness (QED) is 0.702. The molecule has 1 aliphatic rings. The lowest BCUT2D eigenvalue weighted by atomic mass is 10.1. The number of hydrogen-bond donors (Lipinski definition) is 0. The fraction of sp³-hybridized carbons (Fsp3) is 0.400. The maximum atomic E-state index is 13.2. The molecule has 0 nitrogen and oxygen atoms in total. The van der Waals surface area contributed by atoms with E-state index in [1.165, 1.54) is 0 Å². The molecule has 1 aliphatic carbocycles. The van der Waals surface area contributed by atoms with Gasteiger partial charge in [-0.2, -0.15) is 0 Å². The molecule has 1 aromatic rings. The zero-order valence-corrected chi connectivity index (χ0v) is 8.52. The normalized spacial score (nSPS) is 26.1. The van der Waals surface area contributed by atoms with E-state index in [4.69, 9.17) is 0 Å². The summed E-state index contributed by atoms with van der Waals surface area (Å²) in [6, 6.07) is 4.40. The van der Waals surface area contributed by atoms with Gasteiger partial charge in [0.1, 0.15) is 0 Å². The van der Waals surface area contributed by atoms with Crippen LogP contribution in [0.25, 0.3) is 0 Å². The Morgan fingerprint density at radius 3 is 2.77 bits per heavy atom. The van der Waals surface area contributed by atoms with Gasteiger partial charge in [0.25, 0.3) is 0 Å². The number of rotatable bonds is 2. The summed E-state index contributed by atoms with van der Waals surface area (Å²) < 4.78 is 26.0. The minimum Gasteiger partial charge on any atom is -0.204 e. The minimum atomic E-state index is -0.738. The van der Waals surface area contributed by atoms with Gasteiger partial charge in [-0.15, -0.1) is 0 Å². The highest BCUT2D eigenvalue weighted by Crippen LogP contribution is 2.49. The average Bonchev–Trinajstić information content (AvgIpc) is 2.89. The minimum absolute atomic E-state index is 0.218. The number of hydrogen-bond acceptors (Lipinski definition) is 0. The van der Waals surface area contributed by atoms with E-state index in [2.05, 4.69) is 15.9 Å². The lowest BCUT2D eigenvalue weighted by Crippen LogP contribution is -1.93. The summed E-state index contributed by atoms with van der Waals surface area (Å²) in [6.07, 6.45) is 0.964. The van der Waals surface area contributed by atoms with Crippen molar-refractivity contribution in [1.29, 1.82) is 0 Å². The number of halogens is 3. The molecule has 2 unspecified atom stereocenters. The smallest absolute Gasteiger partial charge is 0.162 e.